The number of carbonyl (C=O) groups excluding carboxylic acids is 1. The zero-order valence-electron chi connectivity index (χ0n) is 17.3. The third-order valence-corrected chi connectivity index (χ3v) is 5.56. The van der Waals surface area contributed by atoms with E-state index < -0.39 is 0 Å². The summed E-state index contributed by atoms with van der Waals surface area (Å²) in [7, 11) is 0. The molecule has 6 heteroatoms. The molecule has 1 fully saturated rings. The number of carbonyl (C=O) groups is 1. The van der Waals surface area contributed by atoms with Crippen LogP contribution in [0.3, 0.4) is 0 Å². The zero-order chi connectivity index (χ0) is 20.8. The van der Waals surface area contributed by atoms with Crippen LogP contribution in [0.1, 0.15) is 43.6 Å². The summed E-state index contributed by atoms with van der Waals surface area (Å²) in [5, 5.41) is 4.04. The van der Waals surface area contributed by atoms with Gasteiger partial charge in [0, 0.05) is 31.5 Å². The van der Waals surface area contributed by atoms with Gasteiger partial charge in [0.2, 0.25) is 17.6 Å². The topological polar surface area (TPSA) is 68.5 Å². The smallest absolute Gasteiger partial charge is 0.227 e. The van der Waals surface area contributed by atoms with Crippen LogP contribution in [0, 0.1) is 0 Å². The number of hydrogen-bond acceptors (Lipinski definition) is 5. The molecule has 0 atom stereocenters. The Morgan fingerprint density at radius 1 is 1.10 bits per heavy atom. The largest absolute Gasteiger partial charge is 0.494 e. The number of likely N-dealkylation sites (tertiary alicyclic amines) is 1. The number of ether oxygens (including phenoxy) is 1. The fourth-order valence-electron chi connectivity index (χ4n) is 3.90. The molecule has 1 aliphatic rings. The van der Waals surface area contributed by atoms with Gasteiger partial charge in [0.15, 0.2) is 0 Å². The first-order valence-electron chi connectivity index (χ1n) is 10.6. The van der Waals surface area contributed by atoms with E-state index in [9.17, 15) is 4.79 Å². The van der Waals surface area contributed by atoms with Crippen LogP contribution in [0.25, 0.3) is 11.4 Å². The summed E-state index contributed by atoms with van der Waals surface area (Å²) in [6, 6.07) is 18.1. The first kappa shape index (κ1) is 20.1. The van der Waals surface area contributed by atoms with E-state index in [4.69, 9.17) is 9.26 Å². The fourth-order valence-corrected chi connectivity index (χ4v) is 3.90. The molecule has 0 aliphatic carbocycles. The van der Waals surface area contributed by atoms with Crippen molar-refractivity contribution in [2.45, 2.75) is 38.5 Å². The molecule has 30 heavy (non-hydrogen) atoms. The van der Waals surface area contributed by atoms with E-state index >= 15 is 0 Å². The fraction of sp³-hybridized carbons (Fsp3) is 0.375. The molecule has 0 saturated carbocycles. The van der Waals surface area contributed by atoms with E-state index in [2.05, 4.69) is 34.4 Å². The van der Waals surface area contributed by atoms with E-state index in [1.807, 2.05) is 42.2 Å². The molecule has 1 aliphatic heterocycles. The van der Waals surface area contributed by atoms with Crippen molar-refractivity contribution in [3.63, 3.8) is 0 Å². The minimum atomic E-state index is 0.155. The van der Waals surface area contributed by atoms with Gasteiger partial charge in [-0.1, -0.05) is 35.5 Å². The van der Waals surface area contributed by atoms with Crippen molar-refractivity contribution in [3.05, 3.63) is 66.1 Å². The second-order valence-corrected chi connectivity index (χ2v) is 7.53. The number of aromatic nitrogens is 2. The minimum absolute atomic E-state index is 0.155. The molecular weight excluding hydrogens is 378 g/mol. The number of piperidine rings is 1. The SMILES string of the molecule is CCOc1ccc(-c2noc(CCC(=O)N3CCC(c4ccccc4)CC3)n2)cc1. The predicted molar refractivity (Wildman–Crippen MR) is 114 cm³/mol. The van der Waals surface area contributed by atoms with Crippen molar-refractivity contribution in [2.75, 3.05) is 19.7 Å². The van der Waals surface area contributed by atoms with E-state index in [-0.39, 0.29) is 5.91 Å². The molecule has 1 amide bonds. The highest BCUT2D eigenvalue weighted by molar-refractivity contribution is 5.76. The van der Waals surface area contributed by atoms with Crippen LogP contribution in [-0.4, -0.2) is 40.6 Å². The quantitative estimate of drug-likeness (QED) is 0.580. The summed E-state index contributed by atoms with van der Waals surface area (Å²) in [5.74, 6) is 2.53. The lowest BCUT2D eigenvalue weighted by Gasteiger charge is -2.32. The predicted octanol–water partition coefficient (Wildman–Crippen LogP) is 4.47. The number of benzene rings is 2. The number of amides is 1. The van der Waals surface area contributed by atoms with Crippen LogP contribution in [0.15, 0.2) is 59.1 Å². The molecule has 0 spiro atoms. The molecule has 1 saturated heterocycles. The van der Waals surface area contributed by atoms with Crippen molar-refractivity contribution >= 4 is 5.91 Å². The first-order valence-corrected chi connectivity index (χ1v) is 10.6. The average molecular weight is 405 g/mol. The van der Waals surface area contributed by atoms with Crippen LogP contribution in [0.4, 0.5) is 0 Å². The monoisotopic (exact) mass is 405 g/mol. The highest BCUT2D eigenvalue weighted by atomic mass is 16.5. The van der Waals surface area contributed by atoms with Crippen LogP contribution < -0.4 is 4.74 Å². The van der Waals surface area contributed by atoms with Crippen molar-refractivity contribution in [1.82, 2.24) is 15.0 Å². The Balaban J connectivity index is 1.26. The highest BCUT2D eigenvalue weighted by Gasteiger charge is 2.24. The summed E-state index contributed by atoms with van der Waals surface area (Å²) >= 11 is 0. The lowest BCUT2D eigenvalue weighted by atomic mass is 9.89. The standard InChI is InChI=1S/C24H27N3O3/c1-2-29-21-10-8-20(9-11-21)24-25-22(30-26-24)12-13-23(28)27-16-14-19(15-17-27)18-6-4-3-5-7-18/h3-11,19H,2,12-17H2,1H3. The zero-order valence-corrected chi connectivity index (χ0v) is 17.3. The third-order valence-electron chi connectivity index (χ3n) is 5.56. The van der Waals surface area contributed by atoms with E-state index in [0.717, 1.165) is 37.2 Å². The Bertz CT molecular complexity index is 945. The van der Waals surface area contributed by atoms with Crippen LogP contribution in [0.2, 0.25) is 0 Å². The molecule has 0 N–H and O–H groups in total. The third kappa shape index (κ3) is 4.87. The Hall–Kier alpha value is -3.15. The molecule has 156 valence electrons. The van der Waals surface area contributed by atoms with Gasteiger partial charge >= 0.3 is 0 Å². The summed E-state index contributed by atoms with van der Waals surface area (Å²) in [6.45, 7) is 4.19. The number of nitrogens with zero attached hydrogens (tertiary/aromatic N) is 3. The Morgan fingerprint density at radius 2 is 1.83 bits per heavy atom. The van der Waals surface area contributed by atoms with E-state index in [1.54, 1.807) is 0 Å². The van der Waals surface area contributed by atoms with E-state index in [1.165, 1.54) is 5.56 Å². The van der Waals surface area contributed by atoms with Gasteiger partial charge in [-0.3, -0.25) is 4.79 Å². The molecule has 2 aromatic carbocycles. The second kappa shape index (κ2) is 9.57. The van der Waals surface area contributed by atoms with Crippen LogP contribution in [0.5, 0.6) is 5.75 Å². The molecule has 2 heterocycles. The summed E-state index contributed by atoms with van der Waals surface area (Å²) in [4.78, 5) is 19.0. The van der Waals surface area contributed by atoms with Gasteiger partial charge in [-0.25, -0.2) is 0 Å². The maximum atomic E-state index is 12.6. The van der Waals surface area contributed by atoms with Gasteiger partial charge in [0.25, 0.3) is 0 Å². The molecule has 4 rings (SSSR count). The number of rotatable bonds is 7. The maximum absolute atomic E-state index is 12.6. The summed E-state index contributed by atoms with van der Waals surface area (Å²) in [5.41, 5.74) is 2.24. The lowest BCUT2D eigenvalue weighted by molar-refractivity contribution is -0.132. The molecule has 0 unspecified atom stereocenters. The first-order chi connectivity index (χ1) is 14.7. The van der Waals surface area contributed by atoms with Gasteiger partial charge in [0.1, 0.15) is 5.75 Å². The molecule has 3 aromatic rings. The van der Waals surface area contributed by atoms with Gasteiger partial charge in [-0.15, -0.1) is 0 Å². The molecule has 1 aromatic heterocycles. The van der Waals surface area contributed by atoms with Crippen molar-refractivity contribution in [3.8, 4) is 17.1 Å². The van der Waals surface area contributed by atoms with Gasteiger partial charge in [-0.2, -0.15) is 4.98 Å². The van der Waals surface area contributed by atoms with E-state index in [0.29, 0.717) is 37.1 Å². The highest BCUT2D eigenvalue weighted by Crippen LogP contribution is 2.28. The second-order valence-electron chi connectivity index (χ2n) is 7.53. The Kier molecular flexibility index (Phi) is 6.42. The maximum Gasteiger partial charge on any atom is 0.227 e. The van der Waals surface area contributed by atoms with Gasteiger partial charge < -0.3 is 14.2 Å². The number of aryl methyl sites for hydroxylation is 1. The Morgan fingerprint density at radius 3 is 2.53 bits per heavy atom. The van der Waals surface area contributed by atoms with Crippen LogP contribution in [-0.2, 0) is 11.2 Å². The minimum Gasteiger partial charge on any atom is -0.494 e. The molecule has 6 nitrogen and oxygen atoms in total. The normalized spacial score (nSPS) is 14.6. The van der Waals surface area contributed by atoms with Gasteiger partial charge in [-0.05, 0) is 55.5 Å². The average Bonchev–Trinajstić information content (AvgIpc) is 3.28. The summed E-state index contributed by atoms with van der Waals surface area (Å²) < 4.78 is 10.8. The Labute approximate surface area is 176 Å². The molecule has 0 bridgehead atoms. The van der Waals surface area contributed by atoms with Gasteiger partial charge in [0.05, 0.1) is 6.61 Å². The molecular formula is C24H27N3O3. The lowest BCUT2D eigenvalue weighted by Crippen LogP contribution is -2.38. The van der Waals surface area contributed by atoms with Crippen molar-refractivity contribution in [1.29, 1.82) is 0 Å². The van der Waals surface area contributed by atoms with Crippen molar-refractivity contribution in [2.24, 2.45) is 0 Å². The van der Waals surface area contributed by atoms with Crippen LogP contribution >= 0.6 is 0 Å². The number of hydrogen-bond donors (Lipinski definition) is 0. The summed E-state index contributed by atoms with van der Waals surface area (Å²) in [6.07, 6.45) is 2.87. The molecule has 0 radical (unpaired) electrons. The van der Waals surface area contributed by atoms with Crippen molar-refractivity contribution < 1.29 is 14.1 Å².